The highest BCUT2D eigenvalue weighted by Crippen LogP contribution is 2.23. The van der Waals surface area contributed by atoms with E-state index in [4.69, 9.17) is 23.2 Å². The van der Waals surface area contributed by atoms with E-state index in [1.807, 2.05) is 53.7 Å². The Hall–Kier alpha value is -3.88. The van der Waals surface area contributed by atoms with Crippen molar-refractivity contribution in [2.24, 2.45) is 0 Å². The Morgan fingerprint density at radius 1 is 0.735 bits per heavy atom. The molecular formula is C24H18Cl2N8. The molecule has 0 saturated heterocycles. The summed E-state index contributed by atoms with van der Waals surface area (Å²) in [5, 5.41) is 11.9. The van der Waals surface area contributed by atoms with Crippen molar-refractivity contribution in [3.8, 4) is 22.3 Å². The van der Waals surface area contributed by atoms with E-state index in [2.05, 4.69) is 42.2 Å². The lowest BCUT2D eigenvalue weighted by Gasteiger charge is -2.00. The third kappa shape index (κ3) is 4.73. The molecule has 0 saturated carbocycles. The summed E-state index contributed by atoms with van der Waals surface area (Å²) < 4.78 is 1.88. The molecule has 10 heteroatoms. The normalized spacial score (nSPS) is 10.9. The maximum Gasteiger partial charge on any atom is 0.129 e. The predicted octanol–water partition coefficient (Wildman–Crippen LogP) is 5.84. The molecule has 168 valence electrons. The zero-order valence-corrected chi connectivity index (χ0v) is 19.5. The molecule has 0 spiro atoms. The molecule has 0 unspecified atom stereocenters. The van der Waals surface area contributed by atoms with Crippen LogP contribution >= 0.6 is 23.2 Å². The number of aromatic amines is 1. The Kier molecular flexibility index (Phi) is 6.16. The molecule has 6 aromatic rings. The van der Waals surface area contributed by atoms with E-state index >= 15 is 0 Å². The van der Waals surface area contributed by atoms with E-state index in [1.54, 1.807) is 24.5 Å². The molecule has 0 radical (unpaired) electrons. The minimum absolute atomic E-state index is 0.471. The first kappa shape index (κ1) is 21.9. The van der Waals surface area contributed by atoms with Crippen LogP contribution in [-0.4, -0.2) is 39.9 Å². The summed E-state index contributed by atoms with van der Waals surface area (Å²) >= 11 is 11.7. The van der Waals surface area contributed by atoms with Crippen LogP contribution in [-0.2, 0) is 6.54 Å². The van der Waals surface area contributed by atoms with Crippen LogP contribution in [0.5, 0.6) is 0 Å². The van der Waals surface area contributed by atoms with Crippen LogP contribution in [0.3, 0.4) is 0 Å². The van der Waals surface area contributed by atoms with E-state index in [-0.39, 0.29) is 0 Å². The van der Waals surface area contributed by atoms with Gasteiger partial charge >= 0.3 is 0 Å². The lowest BCUT2D eigenvalue weighted by atomic mass is 10.1. The zero-order chi connectivity index (χ0) is 23.5. The van der Waals surface area contributed by atoms with Gasteiger partial charge in [-0.25, -0.2) is 9.97 Å². The fourth-order valence-electron chi connectivity index (χ4n) is 3.37. The first-order valence-corrected chi connectivity index (χ1v) is 11.2. The number of hydrogen-bond donors (Lipinski definition) is 1. The van der Waals surface area contributed by atoms with Gasteiger partial charge in [0.2, 0.25) is 0 Å². The fourth-order valence-corrected chi connectivity index (χ4v) is 3.68. The molecule has 34 heavy (non-hydrogen) atoms. The number of aryl methyl sites for hydroxylation is 1. The Morgan fingerprint density at radius 3 is 1.88 bits per heavy atom. The molecule has 8 nitrogen and oxygen atoms in total. The van der Waals surface area contributed by atoms with E-state index in [1.165, 1.54) is 0 Å². The second-order valence-corrected chi connectivity index (χ2v) is 8.14. The van der Waals surface area contributed by atoms with Crippen LogP contribution in [0.25, 0.3) is 44.3 Å². The molecule has 0 amide bonds. The van der Waals surface area contributed by atoms with Crippen molar-refractivity contribution in [2.45, 2.75) is 13.5 Å². The summed E-state index contributed by atoms with van der Waals surface area (Å²) in [6.07, 6.45) is 11.0. The van der Waals surface area contributed by atoms with Crippen molar-refractivity contribution in [1.82, 2.24) is 39.9 Å². The average molecular weight is 489 g/mol. The quantitative estimate of drug-likeness (QED) is 0.314. The SMILES string of the molecule is CCn1cc(-c2cnc3ccc(Cl)nc3c2)cn1.Clc1ccc2ncc(-c3cn[nH]c3)cc2n1. The monoisotopic (exact) mass is 488 g/mol. The van der Waals surface area contributed by atoms with Crippen LogP contribution < -0.4 is 0 Å². The Balaban J connectivity index is 0.000000142. The van der Waals surface area contributed by atoms with E-state index in [9.17, 15) is 0 Å². The van der Waals surface area contributed by atoms with Gasteiger partial charge in [-0.05, 0) is 43.3 Å². The first-order valence-electron chi connectivity index (χ1n) is 10.5. The first-order chi connectivity index (χ1) is 16.6. The molecule has 0 aliphatic rings. The van der Waals surface area contributed by atoms with Gasteiger partial charge in [-0.1, -0.05) is 23.2 Å². The van der Waals surface area contributed by atoms with Gasteiger partial charge in [-0.3, -0.25) is 19.7 Å². The second-order valence-electron chi connectivity index (χ2n) is 7.36. The molecule has 0 bridgehead atoms. The van der Waals surface area contributed by atoms with Crippen molar-refractivity contribution in [3.05, 3.63) is 83.9 Å². The topological polar surface area (TPSA) is 98.1 Å². The molecule has 0 fully saturated rings. The van der Waals surface area contributed by atoms with Gasteiger partial charge in [-0.2, -0.15) is 10.2 Å². The highest BCUT2D eigenvalue weighted by molar-refractivity contribution is 6.30. The van der Waals surface area contributed by atoms with Crippen molar-refractivity contribution in [1.29, 1.82) is 0 Å². The standard InChI is InChI=1S/C13H11ClN4.C11H7ClN4/c1-2-18-8-10(7-16-18)9-5-12-11(15-6-9)3-4-13(14)17-12;12-11-2-1-9-10(16-11)3-7(4-13-9)8-5-14-15-6-8/h3-8H,2H2,1H3;1-6H,(H,14,15). The summed E-state index contributed by atoms with van der Waals surface area (Å²) in [5.41, 5.74) is 7.23. The van der Waals surface area contributed by atoms with Crippen molar-refractivity contribution >= 4 is 45.3 Å². The molecule has 6 rings (SSSR count). The summed E-state index contributed by atoms with van der Waals surface area (Å²) in [7, 11) is 0. The molecule has 6 heterocycles. The average Bonchev–Trinajstić information content (AvgIpc) is 3.56. The molecule has 0 atom stereocenters. The molecule has 6 aromatic heterocycles. The van der Waals surface area contributed by atoms with Gasteiger partial charge < -0.3 is 0 Å². The minimum Gasteiger partial charge on any atom is -0.285 e. The van der Waals surface area contributed by atoms with Gasteiger partial charge in [0, 0.05) is 53.6 Å². The van der Waals surface area contributed by atoms with E-state index in [0.29, 0.717) is 10.3 Å². The number of rotatable bonds is 3. The van der Waals surface area contributed by atoms with Gasteiger partial charge in [-0.15, -0.1) is 0 Å². The third-order valence-electron chi connectivity index (χ3n) is 5.13. The Bertz CT molecular complexity index is 1580. The maximum atomic E-state index is 5.89. The van der Waals surface area contributed by atoms with Crippen molar-refractivity contribution in [3.63, 3.8) is 0 Å². The molecule has 0 aromatic carbocycles. The lowest BCUT2D eigenvalue weighted by molar-refractivity contribution is 0.660. The van der Waals surface area contributed by atoms with Gasteiger partial charge in [0.05, 0.1) is 34.5 Å². The van der Waals surface area contributed by atoms with E-state index in [0.717, 1.165) is 50.9 Å². The minimum atomic E-state index is 0.471. The predicted molar refractivity (Wildman–Crippen MR) is 134 cm³/mol. The summed E-state index contributed by atoms with van der Waals surface area (Å²) in [4.78, 5) is 17.2. The second kappa shape index (κ2) is 9.54. The fraction of sp³-hybridized carbons (Fsp3) is 0.0833. The smallest absolute Gasteiger partial charge is 0.129 e. The summed E-state index contributed by atoms with van der Waals surface area (Å²) in [6.45, 7) is 2.90. The summed E-state index contributed by atoms with van der Waals surface area (Å²) in [5.74, 6) is 0. The number of pyridine rings is 4. The number of nitrogens with zero attached hydrogens (tertiary/aromatic N) is 7. The van der Waals surface area contributed by atoms with E-state index < -0.39 is 0 Å². The Morgan fingerprint density at radius 2 is 1.35 bits per heavy atom. The van der Waals surface area contributed by atoms with Crippen molar-refractivity contribution in [2.75, 3.05) is 0 Å². The number of nitrogens with one attached hydrogen (secondary N) is 1. The number of hydrogen-bond acceptors (Lipinski definition) is 6. The molecule has 0 aliphatic carbocycles. The van der Waals surface area contributed by atoms with Gasteiger partial charge in [0.15, 0.2) is 0 Å². The number of fused-ring (bicyclic) bond motifs is 2. The highest BCUT2D eigenvalue weighted by atomic mass is 35.5. The van der Waals surface area contributed by atoms with Gasteiger partial charge in [0.25, 0.3) is 0 Å². The molecule has 0 aliphatic heterocycles. The van der Waals surface area contributed by atoms with Crippen LogP contribution in [0.2, 0.25) is 10.3 Å². The summed E-state index contributed by atoms with van der Waals surface area (Å²) in [6, 6.07) is 11.1. The lowest BCUT2D eigenvalue weighted by Crippen LogP contribution is -1.92. The number of aromatic nitrogens is 8. The third-order valence-corrected chi connectivity index (χ3v) is 5.55. The van der Waals surface area contributed by atoms with Crippen LogP contribution in [0.1, 0.15) is 6.92 Å². The Labute approximate surface area is 204 Å². The number of halogens is 2. The highest BCUT2D eigenvalue weighted by Gasteiger charge is 2.05. The molecular weight excluding hydrogens is 471 g/mol. The number of H-pyrrole nitrogens is 1. The van der Waals surface area contributed by atoms with Crippen LogP contribution in [0, 0.1) is 0 Å². The van der Waals surface area contributed by atoms with Gasteiger partial charge in [0.1, 0.15) is 10.3 Å². The maximum absolute atomic E-state index is 5.89. The largest absolute Gasteiger partial charge is 0.285 e. The van der Waals surface area contributed by atoms with Crippen LogP contribution in [0.4, 0.5) is 0 Å². The molecule has 1 N–H and O–H groups in total. The zero-order valence-electron chi connectivity index (χ0n) is 18.0. The van der Waals surface area contributed by atoms with Crippen molar-refractivity contribution < 1.29 is 0 Å². The van der Waals surface area contributed by atoms with Crippen LogP contribution in [0.15, 0.2) is 73.6 Å².